The number of rotatable bonds is 1. The Balaban J connectivity index is 0.00000123. The number of esters is 1. The summed E-state index contributed by atoms with van der Waals surface area (Å²) < 4.78 is 18.7. The number of piperazine rings is 1. The molecule has 2 aromatic heterocycles. The highest BCUT2D eigenvalue weighted by Gasteiger charge is 2.36. The molecule has 0 bridgehead atoms. The Morgan fingerprint density at radius 1 is 1.00 bits per heavy atom. The number of hydrogen-bond acceptors (Lipinski definition) is 9. The summed E-state index contributed by atoms with van der Waals surface area (Å²) in [6.07, 6.45) is -1.48. The first-order valence-electron chi connectivity index (χ1n) is 12.8. The second kappa shape index (κ2) is 9.04. The lowest BCUT2D eigenvalue weighted by Gasteiger charge is -2.36. The number of benzene rings is 1. The van der Waals surface area contributed by atoms with Crippen LogP contribution in [-0.2, 0) is 22.7 Å². The molecule has 1 saturated heterocycles. The van der Waals surface area contributed by atoms with E-state index in [4.69, 9.17) is 19.2 Å². The predicted molar refractivity (Wildman–Crippen MR) is 137 cm³/mol. The van der Waals surface area contributed by atoms with Gasteiger partial charge in [0, 0.05) is 37.3 Å². The Hall–Kier alpha value is -3.63. The Kier molecular flexibility index (Phi) is 5.80. The van der Waals surface area contributed by atoms with E-state index in [0.717, 1.165) is 48.3 Å². The van der Waals surface area contributed by atoms with Crippen LogP contribution in [0.1, 0.15) is 36.6 Å². The highest BCUT2D eigenvalue weighted by Crippen LogP contribution is 2.48. The number of ether oxygens (including phenoxy) is 3. The highest BCUT2D eigenvalue weighted by molar-refractivity contribution is 6.03. The number of pyridine rings is 2. The minimum absolute atomic E-state index is 0.139. The fraction of sp³-hybridized carbons (Fsp3) is 0.444. The molecule has 1 aromatic carbocycles. The molecule has 37 heavy (non-hydrogen) atoms. The van der Waals surface area contributed by atoms with E-state index in [1.165, 1.54) is 0 Å². The standard InChI is InChI=1S/C25H24N4O6.C2H6/c1-27-4-6-28(7-5-27)21-14-11-29-17(10-13-15(24(29)31)12-35-25(32)22(13)30)20(14)26-16-2-3-18-23(19(16)21)34-9-8-33-18;1-2/h2-3,10,22,30H,4-9,11-12H2,1H3;1-2H3. The van der Waals surface area contributed by atoms with Crippen LogP contribution in [0.2, 0.25) is 0 Å². The van der Waals surface area contributed by atoms with Gasteiger partial charge in [-0.15, -0.1) is 0 Å². The van der Waals surface area contributed by atoms with E-state index in [1.807, 2.05) is 26.0 Å². The van der Waals surface area contributed by atoms with E-state index in [9.17, 15) is 14.7 Å². The number of aliphatic hydroxyl groups excluding tert-OH is 1. The second-order valence-electron chi connectivity index (χ2n) is 9.43. The highest BCUT2D eigenvalue weighted by atomic mass is 16.6. The molecular weight excluding hydrogens is 476 g/mol. The maximum atomic E-state index is 13.5. The number of carbonyl (C=O) groups is 1. The third kappa shape index (κ3) is 3.58. The fourth-order valence-electron chi connectivity index (χ4n) is 5.58. The number of cyclic esters (lactones) is 1. The number of anilines is 1. The molecule has 0 spiro atoms. The topological polar surface area (TPSA) is 106 Å². The molecule has 0 aliphatic carbocycles. The lowest BCUT2D eigenvalue weighted by atomic mass is 9.99. The Morgan fingerprint density at radius 3 is 2.54 bits per heavy atom. The van der Waals surface area contributed by atoms with Crippen molar-refractivity contribution in [1.29, 1.82) is 0 Å². The quantitative estimate of drug-likeness (QED) is 0.388. The average Bonchev–Trinajstić information content (AvgIpc) is 3.30. The van der Waals surface area contributed by atoms with Crippen molar-refractivity contribution in [3.8, 4) is 22.9 Å². The van der Waals surface area contributed by atoms with Gasteiger partial charge in [0.1, 0.15) is 19.8 Å². The summed E-state index contributed by atoms with van der Waals surface area (Å²) in [6, 6.07) is 5.52. The van der Waals surface area contributed by atoms with Crippen molar-refractivity contribution in [2.45, 2.75) is 33.1 Å². The molecule has 1 fully saturated rings. The Bertz CT molecular complexity index is 1470. The molecule has 4 aliphatic heterocycles. The van der Waals surface area contributed by atoms with Gasteiger partial charge in [-0.25, -0.2) is 9.78 Å². The van der Waals surface area contributed by atoms with Crippen LogP contribution < -0.4 is 19.9 Å². The van der Waals surface area contributed by atoms with Crippen LogP contribution in [0.3, 0.4) is 0 Å². The summed E-state index contributed by atoms with van der Waals surface area (Å²) in [6.45, 7) is 8.65. The van der Waals surface area contributed by atoms with Crippen molar-refractivity contribution < 1.29 is 24.1 Å². The summed E-state index contributed by atoms with van der Waals surface area (Å²) in [4.78, 5) is 35.0. The van der Waals surface area contributed by atoms with Gasteiger partial charge in [0.15, 0.2) is 17.6 Å². The Morgan fingerprint density at radius 2 is 1.76 bits per heavy atom. The van der Waals surface area contributed by atoms with E-state index in [-0.39, 0.29) is 12.2 Å². The van der Waals surface area contributed by atoms with Crippen LogP contribution >= 0.6 is 0 Å². The minimum atomic E-state index is -1.48. The maximum absolute atomic E-state index is 13.5. The first kappa shape index (κ1) is 23.7. The van der Waals surface area contributed by atoms with Crippen molar-refractivity contribution in [2.24, 2.45) is 0 Å². The van der Waals surface area contributed by atoms with Crippen molar-refractivity contribution in [2.75, 3.05) is 51.3 Å². The molecule has 10 heteroatoms. The van der Waals surface area contributed by atoms with Crippen LogP contribution in [0.15, 0.2) is 23.0 Å². The third-order valence-electron chi connectivity index (χ3n) is 7.42. The van der Waals surface area contributed by atoms with Gasteiger partial charge >= 0.3 is 5.97 Å². The fourth-order valence-corrected chi connectivity index (χ4v) is 5.58. The maximum Gasteiger partial charge on any atom is 0.340 e. The van der Waals surface area contributed by atoms with E-state index in [1.54, 1.807) is 10.6 Å². The van der Waals surface area contributed by atoms with E-state index in [2.05, 4.69) is 16.8 Å². The lowest BCUT2D eigenvalue weighted by molar-refractivity contribution is -0.157. The van der Waals surface area contributed by atoms with Crippen LogP contribution in [0.5, 0.6) is 11.5 Å². The smallest absolute Gasteiger partial charge is 0.340 e. The van der Waals surface area contributed by atoms with Gasteiger partial charge in [0.05, 0.1) is 40.1 Å². The number of nitrogens with zero attached hydrogens (tertiary/aromatic N) is 4. The number of fused-ring (bicyclic) bond motifs is 7. The number of likely N-dealkylation sites (N-methyl/N-ethyl adjacent to an activating group) is 1. The normalized spacial score (nSPS) is 19.9. The average molecular weight is 507 g/mol. The molecule has 194 valence electrons. The summed E-state index contributed by atoms with van der Waals surface area (Å²) >= 11 is 0. The van der Waals surface area contributed by atoms with Crippen molar-refractivity contribution in [3.63, 3.8) is 0 Å². The molecular formula is C27H30N4O6. The van der Waals surface area contributed by atoms with Gasteiger partial charge in [-0.2, -0.15) is 0 Å². The first-order chi connectivity index (χ1) is 18.0. The molecule has 0 saturated carbocycles. The summed E-state index contributed by atoms with van der Waals surface area (Å²) in [7, 11) is 2.11. The van der Waals surface area contributed by atoms with Gasteiger partial charge in [-0.1, -0.05) is 13.8 Å². The first-order valence-corrected chi connectivity index (χ1v) is 12.8. The molecule has 0 radical (unpaired) electrons. The minimum Gasteiger partial charge on any atom is -0.486 e. The van der Waals surface area contributed by atoms with Gasteiger partial charge in [0.2, 0.25) is 0 Å². The zero-order valence-electron chi connectivity index (χ0n) is 21.2. The van der Waals surface area contributed by atoms with E-state index in [0.29, 0.717) is 53.8 Å². The zero-order valence-corrected chi connectivity index (χ0v) is 21.2. The number of aliphatic hydroxyl groups is 1. The molecule has 1 unspecified atom stereocenters. The van der Waals surface area contributed by atoms with E-state index < -0.39 is 12.1 Å². The van der Waals surface area contributed by atoms with Crippen LogP contribution in [0, 0.1) is 0 Å². The predicted octanol–water partition coefficient (Wildman–Crippen LogP) is 2.06. The number of aromatic nitrogens is 2. The van der Waals surface area contributed by atoms with Crippen LogP contribution in [0.4, 0.5) is 5.69 Å². The summed E-state index contributed by atoms with van der Waals surface area (Å²) in [5.74, 6) is 0.645. The Labute approximate surface area is 214 Å². The van der Waals surface area contributed by atoms with Crippen molar-refractivity contribution in [1.82, 2.24) is 14.5 Å². The van der Waals surface area contributed by atoms with E-state index >= 15 is 0 Å². The van der Waals surface area contributed by atoms with Gasteiger partial charge in [0.25, 0.3) is 5.56 Å². The van der Waals surface area contributed by atoms with Gasteiger partial charge in [-0.3, -0.25) is 4.79 Å². The molecule has 7 rings (SSSR count). The largest absolute Gasteiger partial charge is 0.486 e. The van der Waals surface area contributed by atoms with Crippen LogP contribution in [0.25, 0.3) is 22.3 Å². The van der Waals surface area contributed by atoms with Crippen LogP contribution in [-0.4, -0.2) is 72.0 Å². The molecule has 6 heterocycles. The molecule has 3 aromatic rings. The molecule has 1 atom stereocenters. The molecule has 0 amide bonds. The lowest BCUT2D eigenvalue weighted by Crippen LogP contribution is -2.45. The van der Waals surface area contributed by atoms with Crippen molar-refractivity contribution in [3.05, 3.63) is 45.2 Å². The summed E-state index contributed by atoms with van der Waals surface area (Å²) in [5, 5.41) is 11.3. The third-order valence-corrected chi connectivity index (χ3v) is 7.42. The van der Waals surface area contributed by atoms with Gasteiger partial charge in [-0.05, 0) is 25.2 Å². The van der Waals surface area contributed by atoms with Gasteiger partial charge < -0.3 is 33.7 Å². The molecule has 1 N–H and O–H groups in total. The number of carbonyl (C=O) groups excluding carboxylic acids is 1. The molecule has 10 nitrogen and oxygen atoms in total. The van der Waals surface area contributed by atoms with Crippen molar-refractivity contribution >= 4 is 22.6 Å². The second-order valence-corrected chi connectivity index (χ2v) is 9.43. The SMILES string of the molecule is CC.CN1CCN(c2c3c(nc4ccc5c(c24)OCCO5)-c2cc4c(c(=O)n2C3)COC(=O)C4O)CC1. The number of hydrogen-bond donors (Lipinski definition) is 1. The zero-order chi connectivity index (χ0) is 25.8. The molecule has 4 aliphatic rings. The monoisotopic (exact) mass is 506 g/mol. The summed E-state index contributed by atoms with van der Waals surface area (Å²) in [5.41, 5.74) is 4.33.